The van der Waals surface area contributed by atoms with Crippen LogP contribution in [-0.4, -0.2) is 29.8 Å². The van der Waals surface area contributed by atoms with Crippen LogP contribution in [0.3, 0.4) is 0 Å². The van der Waals surface area contributed by atoms with Gasteiger partial charge in [-0.3, -0.25) is 15.0 Å². The van der Waals surface area contributed by atoms with Gasteiger partial charge in [0.25, 0.3) is 5.91 Å². The predicted molar refractivity (Wildman–Crippen MR) is 87.9 cm³/mol. The van der Waals surface area contributed by atoms with Crippen molar-refractivity contribution < 1.29 is 31.6 Å². The molecule has 1 aliphatic carbocycles. The quantitative estimate of drug-likeness (QED) is 0.610. The number of sulfone groups is 1. The van der Waals surface area contributed by atoms with Crippen molar-refractivity contribution in [1.82, 2.24) is 10.5 Å². The number of rotatable bonds is 3. The van der Waals surface area contributed by atoms with Crippen LogP contribution >= 0.6 is 0 Å². The zero-order valence-corrected chi connectivity index (χ0v) is 14.6. The monoisotopic (exact) mass is 400 g/mol. The van der Waals surface area contributed by atoms with Gasteiger partial charge in [-0.25, -0.2) is 13.9 Å². The van der Waals surface area contributed by atoms with Crippen molar-refractivity contribution in [3.63, 3.8) is 0 Å². The van der Waals surface area contributed by atoms with E-state index in [9.17, 15) is 26.4 Å². The van der Waals surface area contributed by atoms with Crippen LogP contribution in [0.25, 0.3) is 0 Å². The Hall–Kier alpha value is -2.46. The summed E-state index contributed by atoms with van der Waals surface area (Å²) in [4.78, 5) is 15.4. The number of carbonyl (C=O) groups is 1. The fourth-order valence-electron chi connectivity index (χ4n) is 3.07. The Bertz CT molecular complexity index is 973. The van der Waals surface area contributed by atoms with Gasteiger partial charge in [0, 0.05) is 11.9 Å². The van der Waals surface area contributed by atoms with Crippen LogP contribution in [0, 0.1) is 0 Å². The molecule has 2 aromatic rings. The first-order valence-corrected chi connectivity index (χ1v) is 9.51. The molecule has 1 atom stereocenters. The highest BCUT2D eigenvalue weighted by atomic mass is 32.2. The van der Waals surface area contributed by atoms with Crippen LogP contribution in [0.15, 0.2) is 41.4 Å². The highest BCUT2D eigenvalue weighted by molar-refractivity contribution is 7.92. The molecule has 0 fully saturated rings. The largest absolute Gasteiger partial charge is 0.416 e. The number of amides is 1. The lowest BCUT2D eigenvalue weighted by Gasteiger charge is -2.24. The third-order valence-corrected chi connectivity index (χ3v) is 6.73. The number of nitrogens with zero attached hydrogens (tertiary/aromatic N) is 1. The maximum absolute atomic E-state index is 12.8. The SMILES string of the molecule is O=C(NO)c1cnc2c(c1)CC(S(=O)(=O)c1ccc(C(F)(F)F)cc1)CC2. The van der Waals surface area contributed by atoms with Crippen LogP contribution < -0.4 is 5.48 Å². The second-order valence-electron chi connectivity index (χ2n) is 6.20. The van der Waals surface area contributed by atoms with Crippen molar-refractivity contribution in [3.05, 3.63) is 58.9 Å². The average Bonchev–Trinajstić information content (AvgIpc) is 2.65. The molecule has 27 heavy (non-hydrogen) atoms. The summed E-state index contributed by atoms with van der Waals surface area (Å²) in [7, 11) is -3.85. The lowest BCUT2D eigenvalue weighted by Crippen LogP contribution is -2.29. The molecule has 1 unspecified atom stereocenters. The predicted octanol–water partition coefficient (Wildman–Crippen LogP) is 2.55. The molecule has 1 heterocycles. The van der Waals surface area contributed by atoms with Crippen molar-refractivity contribution in [1.29, 1.82) is 0 Å². The first kappa shape index (κ1) is 19.3. The highest BCUT2D eigenvalue weighted by Crippen LogP contribution is 2.32. The van der Waals surface area contributed by atoms with E-state index in [4.69, 9.17) is 5.21 Å². The van der Waals surface area contributed by atoms with Crippen LogP contribution in [0.4, 0.5) is 13.2 Å². The molecule has 0 bridgehead atoms. The summed E-state index contributed by atoms with van der Waals surface area (Å²) >= 11 is 0. The number of pyridine rings is 1. The third kappa shape index (κ3) is 3.81. The number of alkyl halides is 3. The van der Waals surface area contributed by atoms with Crippen molar-refractivity contribution in [2.45, 2.75) is 35.6 Å². The molecule has 6 nitrogen and oxygen atoms in total. The van der Waals surface area contributed by atoms with E-state index >= 15 is 0 Å². The minimum Gasteiger partial charge on any atom is -0.288 e. The second kappa shape index (κ2) is 6.93. The summed E-state index contributed by atoms with van der Waals surface area (Å²) in [5, 5.41) is 7.86. The maximum Gasteiger partial charge on any atom is 0.416 e. The normalized spacial score (nSPS) is 17.3. The Morgan fingerprint density at radius 1 is 1.22 bits per heavy atom. The summed E-state index contributed by atoms with van der Waals surface area (Å²) < 4.78 is 63.6. The van der Waals surface area contributed by atoms with Gasteiger partial charge in [-0.05, 0) is 55.2 Å². The Morgan fingerprint density at radius 3 is 2.48 bits per heavy atom. The number of benzene rings is 1. The van der Waals surface area contributed by atoms with Crippen LogP contribution in [0.1, 0.15) is 33.6 Å². The van der Waals surface area contributed by atoms with E-state index in [1.165, 1.54) is 17.7 Å². The first-order valence-electron chi connectivity index (χ1n) is 7.96. The molecule has 0 saturated carbocycles. The van der Waals surface area contributed by atoms with Gasteiger partial charge in [0.1, 0.15) is 0 Å². The number of hydroxylamine groups is 1. The summed E-state index contributed by atoms with van der Waals surface area (Å²) in [5.74, 6) is -0.766. The molecule has 1 amide bonds. The number of hydrogen-bond acceptors (Lipinski definition) is 5. The molecule has 0 spiro atoms. The Balaban J connectivity index is 1.88. The van der Waals surface area contributed by atoms with E-state index in [-0.39, 0.29) is 23.3 Å². The lowest BCUT2D eigenvalue weighted by molar-refractivity contribution is -0.137. The van der Waals surface area contributed by atoms with Crippen LogP contribution in [0.5, 0.6) is 0 Å². The van der Waals surface area contributed by atoms with Crippen LogP contribution in [-0.2, 0) is 28.9 Å². The number of hydrogen-bond donors (Lipinski definition) is 2. The van der Waals surface area contributed by atoms with Crippen molar-refractivity contribution >= 4 is 15.7 Å². The highest BCUT2D eigenvalue weighted by Gasteiger charge is 2.34. The third-order valence-electron chi connectivity index (χ3n) is 4.52. The molecule has 144 valence electrons. The van der Waals surface area contributed by atoms with E-state index in [0.717, 1.165) is 24.3 Å². The van der Waals surface area contributed by atoms with Crippen LogP contribution in [0.2, 0.25) is 0 Å². The van der Waals surface area contributed by atoms with Gasteiger partial charge in [0.05, 0.1) is 21.3 Å². The Morgan fingerprint density at radius 2 is 1.89 bits per heavy atom. The zero-order valence-electron chi connectivity index (χ0n) is 13.8. The van der Waals surface area contributed by atoms with Crippen molar-refractivity contribution in [2.24, 2.45) is 0 Å². The number of aromatic nitrogens is 1. The molecule has 10 heteroatoms. The minimum atomic E-state index is -4.54. The Labute approximate surface area is 152 Å². The van der Waals surface area contributed by atoms with Gasteiger partial charge < -0.3 is 0 Å². The van der Waals surface area contributed by atoms with Gasteiger partial charge in [-0.2, -0.15) is 13.2 Å². The van der Waals surface area contributed by atoms with Gasteiger partial charge in [0.2, 0.25) is 0 Å². The molecule has 0 radical (unpaired) electrons. The lowest BCUT2D eigenvalue weighted by atomic mass is 9.94. The second-order valence-corrected chi connectivity index (χ2v) is 8.43. The van der Waals surface area contributed by atoms with E-state index in [2.05, 4.69) is 4.98 Å². The summed E-state index contributed by atoms with van der Waals surface area (Å²) in [5.41, 5.74) is 1.87. The van der Waals surface area contributed by atoms with Crippen molar-refractivity contribution in [2.75, 3.05) is 0 Å². The van der Waals surface area contributed by atoms with Gasteiger partial charge in [-0.15, -0.1) is 0 Å². The van der Waals surface area contributed by atoms with E-state index < -0.39 is 32.7 Å². The topological polar surface area (TPSA) is 96.4 Å². The molecule has 1 aliphatic rings. The summed E-state index contributed by atoms with van der Waals surface area (Å²) in [6.45, 7) is 0. The number of aryl methyl sites for hydroxylation is 1. The Kier molecular flexibility index (Phi) is 4.96. The standard InChI is InChI=1S/C17H15F3N2O4S/c18-17(19,20)12-1-3-13(4-2-12)27(25,26)14-5-6-15-10(8-14)7-11(9-21-15)16(23)22-24/h1-4,7,9,14,24H,5-6,8H2,(H,22,23). The fourth-order valence-corrected chi connectivity index (χ4v) is 4.79. The number of halogens is 3. The first-order chi connectivity index (χ1) is 12.6. The van der Waals surface area contributed by atoms with Crippen molar-refractivity contribution in [3.8, 4) is 0 Å². The molecule has 3 rings (SSSR count). The molecule has 1 aromatic heterocycles. The van der Waals surface area contributed by atoms with E-state index in [1.54, 1.807) is 0 Å². The molecule has 1 aromatic carbocycles. The molecular formula is C17H15F3N2O4S. The minimum absolute atomic E-state index is 0.0816. The summed E-state index contributed by atoms with van der Waals surface area (Å²) in [6.07, 6.45) is -2.54. The number of carbonyl (C=O) groups excluding carboxylic acids is 1. The average molecular weight is 400 g/mol. The smallest absolute Gasteiger partial charge is 0.288 e. The van der Waals surface area contributed by atoms with Gasteiger partial charge in [0.15, 0.2) is 9.84 Å². The zero-order chi connectivity index (χ0) is 19.8. The van der Waals surface area contributed by atoms with Gasteiger partial charge in [-0.1, -0.05) is 0 Å². The number of fused-ring (bicyclic) bond motifs is 1. The fraction of sp³-hybridized carbons (Fsp3) is 0.294. The molecule has 2 N–H and O–H groups in total. The van der Waals surface area contributed by atoms with Gasteiger partial charge >= 0.3 is 6.18 Å². The summed E-state index contributed by atoms with van der Waals surface area (Å²) in [6, 6.07) is 4.87. The molecular weight excluding hydrogens is 385 g/mol. The van der Waals surface area contributed by atoms with E-state index in [0.29, 0.717) is 17.7 Å². The number of nitrogens with one attached hydrogen (secondary N) is 1. The molecule has 0 saturated heterocycles. The molecule has 0 aliphatic heterocycles. The van der Waals surface area contributed by atoms with E-state index in [1.807, 2.05) is 0 Å². The maximum atomic E-state index is 12.8.